The highest BCUT2D eigenvalue weighted by molar-refractivity contribution is 5.69. The summed E-state index contributed by atoms with van der Waals surface area (Å²) in [5.41, 5.74) is 0. The van der Waals surface area contributed by atoms with Crippen molar-refractivity contribution in [1.29, 1.82) is 0 Å². The number of rotatable bonds is 6. The normalized spacial score (nSPS) is 29.5. The minimum Gasteiger partial charge on any atom is -0.481 e. The molecule has 0 aromatic carbocycles. The van der Waals surface area contributed by atoms with Crippen LogP contribution in [0.1, 0.15) is 33.1 Å². The van der Waals surface area contributed by atoms with Crippen LogP contribution in [-0.2, 0) is 9.53 Å². The Labute approximate surface area is 162 Å². The van der Waals surface area contributed by atoms with Gasteiger partial charge in [0.2, 0.25) is 0 Å². The van der Waals surface area contributed by atoms with E-state index in [9.17, 15) is 9.59 Å². The van der Waals surface area contributed by atoms with Crippen LogP contribution in [-0.4, -0.2) is 108 Å². The number of hydrogen-bond donors (Lipinski definition) is 1. The largest absolute Gasteiger partial charge is 0.481 e. The summed E-state index contributed by atoms with van der Waals surface area (Å²) in [6, 6.07) is 0.905. The van der Waals surface area contributed by atoms with Crippen molar-refractivity contribution in [3.05, 3.63) is 0 Å². The van der Waals surface area contributed by atoms with Gasteiger partial charge in [-0.25, -0.2) is 4.79 Å². The maximum Gasteiger partial charge on any atom is 0.411 e. The van der Waals surface area contributed by atoms with E-state index in [1.54, 1.807) is 11.9 Å². The zero-order valence-electron chi connectivity index (χ0n) is 16.8. The highest BCUT2D eigenvalue weighted by atomic mass is 16.6. The lowest BCUT2D eigenvalue weighted by Gasteiger charge is -2.48. The van der Waals surface area contributed by atoms with Gasteiger partial charge in [0, 0.05) is 45.3 Å². The van der Waals surface area contributed by atoms with E-state index in [0.29, 0.717) is 31.1 Å². The fourth-order valence-corrected chi connectivity index (χ4v) is 4.66. The van der Waals surface area contributed by atoms with Gasteiger partial charge in [0.05, 0.1) is 13.0 Å². The molecule has 2 unspecified atom stereocenters. The lowest BCUT2D eigenvalue weighted by atomic mass is 9.86. The molecular formula is C19H34N4O4. The maximum atomic E-state index is 11.7. The molecule has 8 nitrogen and oxygen atoms in total. The van der Waals surface area contributed by atoms with E-state index in [-0.39, 0.29) is 18.7 Å². The Kier molecular flexibility index (Phi) is 6.60. The third kappa shape index (κ3) is 4.92. The molecule has 0 aromatic rings. The molecule has 2 atom stereocenters. The number of likely N-dealkylation sites (N-methyl/N-ethyl adjacent to an activating group) is 1. The van der Waals surface area contributed by atoms with E-state index in [1.807, 2.05) is 0 Å². The van der Waals surface area contributed by atoms with E-state index in [4.69, 9.17) is 9.84 Å². The smallest absolute Gasteiger partial charge is 0.411 e. The lowest BCUT2D eigenvalue weighted by molar-refractivity contribution is -0.138. The van der Waals surface area contributed by atoms with Crippen LogP contribution in [0.3, 0.4) is 0 Å². The average Bonchev–Trinajstić information content (AvgIpc) is 2.98. The highest BCUT2D eigenvalue weighted by Crippen LogP contribution is 2.29. The number of piperazine rings is 1. The van der Waals surface area contributed by atoms with E-state index in [0.717, 1.165) is 45.6 Å². The Bertz CT molecular complexity index is 536. The van der Waals surface area contributed by atoms with Crippen molar-refractivity contribution < 1.29 is 19.4 Å². The zero-order chi connectivity index (χ0) is 19.6. The number of carbonyl (C=O) groups excluding carboxylic acids is 1. The second-order valence-corrected chi connectivity index (χ2v) is 8.43. The molecule has 3 fully saturated rings. The molecule has 8 heteroatoms. The molecule has 3 rings (SSSR count). The number of amides is 1. The van der Waals surface area contributed by atoms with Gasteiger partial charge in [0.25, 0.3) is 0 Å². The number of likely N-dealkylation sites (tertiary alicyclic amines) is 1. The van der Waals surface area contributed by atoms with Gasteiger partial charge >= 0.3 is 12.1 Å². The maximum absolute atomic E-state index is 11.7. The Morgan fingerprint density at radius 1 is 1.19 bits per heavy atom. The number of cyclic esters (lactones) is 1. The molecule has 0 saturated carbocycles. The predicted octanol–water partition coefficient (Wildman–Crippen LogP) is 0.976. The van der Waals surface area contributed by atoms with E-state index < -0.39 is 5.97 Å². The van der Waals surface area contributed by atoms with Crippen LogP contribution in [0.25, 0.3) is 0 Å². The fraction of sp³-hybridized carbons (Fsp3) is 0.895. The van der Waals surface area contributed by atoms with Gasteiger partial charge in [0.1, 0.15) is 0 Å². The molecule has 3 aliphatic rings. The van der Waals surface area contributed by atoms with Gasteiger partial charge < -0.3 is 19.6 Å². The van der Waals surface area contributed by atoms with Gasteiger partial charge in [-0.1, -0.05) is 0 Å². The molecule has 154 valence electrons. The minimum absolute atomic E-state index is 0.178. The van der Waals surface area contributed by atoms with Gasteiger partial charge in [-0.3, -0.25) is 14.6 Å². The Hall–Kier alpha value is -1.38. The molecule has 27 heavy (non-hydrogen) atoms. The third-order valence-electron chi connectivity index (χ3n) is 6.41. The first kappa shape index (κ1) is 20.4. The molecule has 3 saturated heterocycles. The molecule has 0 aromatic heterocycles. The van der Waals surface area contributed by atoms with Crippen LogP contribution < -0.4 is 0 Å². The number of ether oxygens (including phenoxy) is 1. The number of carboxylic acids is 1. The van der Waals surface area contributed by atoms with Crippen LogP contribution in [0, 0.1) is 5.92 Å². The molecule has 0 radical (unpaired) electrons. The molecule has 1 amide bonds. The molecule has 0 bridgehead atoms. The van der Waals surface area contributed by atoms with E-state index in [1.165, 1.54) is 0 Å². The SMILES string of the molecule is CC(C)N1CCC(C2CN(C3CN(C)C(=O)O3)CCN2CCC(=O)O)CC1. The fourth-order valence-electron chi connectivity index (χ4n) is 4.66. The first-order valence-corrected chi connectivity index (χ1v) is 10.2. The van der Waals surface area contributed by atoms with Crippen molar-refractivity contribution in [1.82, 2.24) is 19.6 Å². The Morgan fingerprint density at radius 3 is 2.44 bits per heavy atom. The van der Waals surface area contributed by atoms with Crippen molar-refractivity contribution in [2.24, 2.45) is 5.92 Å². The number of carbonyl (C=O) groups is 2. The Balaban J connectivity index is 1.64. The van der Waals surface area contributed by atoms with Crippen LogP contribution in [0.15, 0.2) is 0 Å². The zero-order valence-corrected chi connectivity index (χ0v) is 16.8. The van der Waals surface area contributed by atoms with E-state index in [2.05, 4.69) is 28.5 Å². The standard InChI is InChI=1S/C19H34N4O4/c1-14(2)21-7-4-15(5-8-21)16-12-23(17-13-20(3)19(26)27-17)11-10-22(16)9-6-18(24)25/h14-17H,4-13H2,1-3H3,(H,24,25). The van der Waals surface area contributed by atoms with Crippen molar-refractivity contribution in [3.8, 4) is 0 Å². The summed E-state index contributed by atoms with van der Waals surface area (Å²) in [4.78, 5) is 31.6. The number of piperidine rings is 1. The summed E-state index contributed by atoms with van der Waals surface area (Å²) in [5, 5.41) is 9.11. The van der Waals surface area contributed by atoms with Gasteiger partial charge in [0.15, 0.2) is 6.23 Å². The van der Waals surface area contributed by atoms with Gasteiger partial charge in [-0.2, -0.15) is 0 Å². The summed E-state index contributed by atoms with van der Waals surface area (Å²) in [5.74, 6) is -0.177. The molecule has 0 aliphatic carbocycles. The number of hydrogen-bond acceptors (Lipinski definition) is 6. The topological polar surface area (TPSA) is 76.6 Å². The Morgan fingerprint density at radius 2 is 1.89 bits per heavy atom. The summed E-state index contributed by atoms with van der Waals surface area (Å²) < 4.78 is 5.52. The monoisotopic (exact) mass is 382 g/mol. The summed E-state index contributed by atoms with van der Waals surface area (Å²) >= 11 is 0. The summed E-state index contributed by atoms with van der Waals surface area (Å²) in [6.45, 7) is 10.4. The molecule has 0 spiro atoms. The van der Waals surface area contributed by atoms with Crippen LogP contribution in [0.2, 0.25) is 0 Å². The number of carboxylic acid groups (broad SMARTS) is 1. The van der Waals surface area contributed by atoms with Crippen molar-refractivity contribution >= 4 is 12.1 Å². The van der Waals surface area contributed by atoms with Crippen LogP contribution in [0.5, 0.6) is 0 Å². The summed E-state index contributed by atoms with van der Waals surface area (Å²) in [6.07, 6.45) is 2.04. The quantitative estimate of drug-likeness (QED) is 0.734. The lowest BCUT2D eigenvalue weighted by Crippen LogP contribution is -2.60. The van der Waals surface area contributed by atoms with Crippen LogP contribution in [0.4, 0.5) is 4.79 Å². The molecular weight excluding hydrogens is 348 g/mol. The molecule has 3 aliphatic heterocycles. The first-order valence-electron chi connectivity index (χ1n) is 10.2. The number of nitrogens with zero attached hydrogens (tertiary/aromatic N) is 4. The van der Waals surface area contributed by atoms with Crippen molar-refractivity contribution in [2.75, 3.05) is 52.9 Å². The van der Waals surface area contributed by atoms with Crippen LogP contribution >= 0.6 is 0 Å². The second kappa shape index (κ2) is 8.75. The predicted molar refractivity (Wildman–Crippen MR) is 102 cm³/mol. The van der Waals surface area contributed by atoms with Gasteiger partial charge in [-0.15, -0.1) is 0 Å². The van der Waals surface area contributed by atoms with E-state index >= 15 is 0 Å². The van der Waals surface area contributed by atoms with Crippen molar-refractivity contribution in [3.63, 3.8) is 0 Å². The minimum atomic E-state index is -0.739. The first-order chi connectivity index (χ1) is 12.8. The highest BCUT2D eigenvalue weighted by Gasteiger charge is 2.40. The second-order valence-electron chi connectivity index (χ2n) is 8.43. The van der Waals surface area contributed by atoms with Crippen molar-refractivity contribution in [2.45, 2.75) is 51.4 Å². The molecule has 1 N–H and O–H groups in total. The average molecular weight is 383 g/mol. The number of aliphatic carboxylic acids is 1. The summed E-state index contributed by atoms with van der Waals surface area (Å²) in [7, 11) is 1.77. The van der Waals surface area contributed by atoms with Gasteiger partial charge in [-0.05, 0) is 45.7 Å². The third-order valence-corrected chi connectivity index (χ3v) is 6.41. The molecule has 3 heterocycles.